The van der Waals surface area contributed by atoms with E-state index < -0.39 is 0 Å². The summed E-state index contributed by atoms with van der Waals surface area (Å²) < 4.78 is 23.9. The summed E-state index contributed by atoms with van der Waals surface area (Å²) >= 11 is 0. The largest absolute Gasteiger partial charge is 0.456 e. The van der Waals surface area contributed by atoms with E-state index in [1.165, 1.54) is 11.6 Å². The number of carbonyl (C=O) groups is 1. The number of rotatable bonds is 7. The van der Waals surface area contributed by atoms with Gasteiger partial charge in [0, 0.05) is 18.9 Å². The molecule has 1 spiro atoms. The van der Waals surface area contributed by atoms with E-state index in [9.17, 15) is 4.79 Å². The minimum absolute atomic E-state index is 0.0185. The molecule has 0 bridgehead atoms. The lowest BCUT2D eigenvalue weighted by molar-refractivity contribution is -0.166. The number of hydrogen-bond donors (Lipinski definition) is 1. The molecular weight excluding hydrogens is 394 g/mol. The van der Waals surface area contributed by atoms with Gasteiger partial charge in [-0.05, 0) is 63.8 Å². The standard InChI is InChI=1S/C25H33NO5/c1-16(2)8-10-20-24(3,31-20)23-22(28-4)19(12-13-25(23)15-29-25)30-21(27)11-9-17-6-5-7-18(26)14-17/h5-9,11,14,19-20,22-23H,10,12-13,15,26H2,1-4H3/b11-9+/t19-,20+,22-,23-,24+,25+/m1/s1. The van der Waals surface area contributed by atoms with E-state index in [1.807, 2.05) is 24.3 Å². The number of carbonyl (C=O) groups excluding carboxylic acids is 1. The molecule has 0 aromatic heterocycles. The SMILES string of the molecule is CO[C@@H]1[C@H](OC(=O)/C=C/c2cccc(N)c2)CC[C@]2(CO2)[C@H]1[C@@]1(C)O[C@H]1CC=C(C)C. The Morgan fingerprint density at radius 1 is 1.35 bits per heavy atom. The van der Waals surface area contributed by atoms with Crippen LogP contribution in [0.2, 0.25) is 0 Å². The Balaban J connectivity index is 1.46. The molecular formula is C25H33NO5. The molecule has 0 unspecified atom stereocenters. The van der Waals surface area contributed by atoms with Crippen molar-refractivity contribution in [1.29, 1.82) is 0 Å². The number of hydrogen-bond acceptors (Lipinski definition) is 6. The third-order valence-electron chi connectivity index (χ3n) is 6.83. The minimum atomic E-state index is -0.385. The molecule has 3 aliphatic rings. The summed E-state index contributed by atoms with van der Waals surface area (Å²) in [5, 5.41) is 0. The summed E-state index contributed by atoms with van der Waals surface area (Å²) in [6.07, 6.45) is 7.30. The summed E-state index contributed by atoms with van der Waals surface area (Å²) in [6, 6.07) is 7.36. The van der Waals surface area contributed by atoms with Crippen molar-refractivity contribution in [2.24, 2.45) is 5.92 Å². The Morgan fingerprint density at radius 2 is 2.13 bits per heavy atom. The molecule has 1 aromatic rings. The molecule has 0 radical (unpaired) electrons. The number of nitrogens with two attached hydrogens (primary N) is 1. The highest BCUT2D eigenvalue weighted by molar-refractivity contribution is 5.87. The molecule has 6 nitrogen and oxygen atoms in total. The number of anilines is 1. The highest BCUT2D eigenvalue weighted by Gasteiger charge is 2.72. The number of allylic oxidation sites excluding steroid dienone is 1. The van der Waals surface area contributed by atoms with Crippen molar-refractivity contribution < 1.29 is 23.7 Å². The van der Waals surface area contributed by atoms with Crippen LogP contribution in [0.3, 0.4) is 0 Å². The van der Waals surface area contributed by atoms with Gasteiger partial charge in [0.05, 0.1) is 18.6 Å². The van der Waals surface area contributed by atoms with Gasteiger partial charge in [-0.3, -0.25) is 0 Å². The summed E-state index contributed by atoms with van der Waals surface area (Å²) in [4.78, 5) is 12.6. The summed E-state index contributed by atoms with van der Waals surface area (Å²) in [5.74, 6) is -0.367. The van der Waals surface area contributed by atoms with Crippen LogP contribution >= 0.6 is 0 Å². The van der Waals surface area contributed by atoms with Gasteiger partial charge in [-0.2, -0.15) is 0 Å². The average molecular weight is 428 g/mol. The fourth-order valence-electron chi connectivity index (χ4n) is 5.09. The number of epoxide rings is 2. The topological polar surface area (TPSA) is 86.6 Å². The van der Waals surface area contributed by atoms with Gasteiger partial charge in [-0.15, -0.1) is 0 Å². The normalized spacial score (nSPS) is 36.4. The van der Waals surface area contributed by atoms with Gasteiger partial charge < -0.3 is 24.7 Å². The molecule has 2 heterocycles. The zero-order chi connectivity index (χ0) is 22.2. The molecule has 31 heavy (non-hydrogen) atoms. The number of nitrogen functional groups attached to an aromatic ring is 1. The third kappa shape index (κ3) is 4.56. The Labute approximate surface area is 184 Å². The molecule has 6 atom stereocenters. The second-order valence-corrected chi connectivity index (χ2v) is 9.36. The highest BCUT2D eigenvalue weighted by atomic mass is 16.6. The monoisotopic (exact) mass is 427 g/mol. The van der Waals surface area contributed by atoms with E-state index in [4.69, 9.17) is 24.7 Å². The number of ether oxygens (including phenoxy) is 4. The molecule has 2 N–H and O–H groups in total. The van der Waals surface area contributed by atoms with Crippen molar-refractivity contribution in [1.82, 2.24) is 0 Å². The van der Waals surface area contributed by atoms with Crippen LogP contribution in [0.4, 0.5) is 5.69 Å². The zero-order valence-electron chi connectivity index (χ0n) is 18.8. The van der Waals surface area contributed by atoms with Gasteiger partial charge in [0.1, 0.15) is 23.4 Å². The van der Waals surface area contributed by atoms with Crippen molar-refractivity contribution in [3.05, 3.63) is 47.6 Å². The summed E-state index contributed by atoms with van der Waals surface area (Å²) in [5.41, 5.74) is 8.02. The fourth-order valence-corrected chi connectivity index (χ4v) is 5.09. The average Bonchev–Trinajstić information content (AvgIpc) is 3.64. The smallest absolute Gasteiger partial charge is 0.331 e. The maximum absolute atomic E-state index is 12.6. The predicted octanol–water partition coefficient (Wildman–Crippen LogP) is 3.90. The van der Waals surface area contributed by atoms with Crippen LogP contribution in [0.1, 0.15) is 45.6 Å². The van der Waals surface area contributed by atoms with E-state index in [2.05, 4.69) is 26.8 Å². The van der Waals surface area contributed by atoms with Gasteiger partial charge in [0.25, 0.3) is 0 Å². The van der Waals surface area contributed by atoms with Crippen LogP contribution in [0.25, 0.3) is 6.08 Å². The second-order valence-electron chi connectivity index (χ2n) is 9.36. The van der Waals surface area contributed by atoms with Crippen LogP contribution in [-0.4, -0.2) is 49.2 Å². The summed E-state index contributed by atoms with van der Waals surface area (Å²) in [7, 11) is 1.68. The molecule has 6 heteroatoms. The van der Waals surface area contributed by atoms with E-state index in [0.29, 0.717) is 18.7 Å². The van der Waals surface area contributed by atoms with Crippen molar-refractivity contribution in [2.75, 3.05) is 19.5 Å². The maximum atomic E-state index is 12.6. The first-order valence-electron chi connectivity index (χ1n) is 11.0. The first-order valence-corrected chi connectivity index (χ1v) is 11.0. The molecule has 0 amide bonds. The molecule has 1 aliphatic carbocycles. The van der Waals surface area contributed by atoms with E-state index in [1.54, 1.807) is 13.2 Å². The molecule has 1 saturated carbocycles. The lowest BCUT2D eigenvalue weighted by Crippen LogP contribution is -2.55. The third-order valence-corrected chi connectivity index (χ3v) is 6.83. The van der Waals surface area contributed by atoms with Crippen molar-refractivity contribution in [2.45, 2.75) is 69.5 Å². The Morgan fingerprint density at radius 3 is 2.77 bits per heavy atom. The fraction of sp³-hybridized carbons (Fsp3) is 0.560. The first-order chi connectivity index (χ1) is 14.8. The maximum Gasteiger partial charge on any atom is 0.331 e. The lowest BCUT2D eigenvalue weighted by atomic mass is 9.68. The Hall–Kier alpha value is -2.15. The molecule has 168 valence electrons. The zero-order valence-corrected chi connectivity index (χ0v) is 18.8. The van der Waals surface area contributed by atoms with E-state index >= 15 is 0 Å². The van der Waals surface area contributed by atoms with E-state index in [-0.39, 0.29) is 41.4 Å². The predicted molar refractivity (Wildman–Crippen MR) is 119 cm³/mol. The van der Waals surface area contributed by atoms with Crippen LogP contribution in [0.15, 0.2) is 42.0 Å². The highest BCUT2D eigenvalue weighted by Crippen LogP contribution is 2.59. The lowest BCUT2D eigenvalue weighted by Gasteiger charge is -2.42. The van der Waals surface area contributed by atoms with Crippen LogP contribution < -0.4 is 5.73 Å². The van der Waals surface area contributed by atoms with Crippen LogP contribution in [0.5, 0.6) is 0 Å². The van der Waals surface area contributed by atoms with E-state index in [0.717, 1.165) is 18.4 Å². The molecule has 2 saturated heterocycles. The number of methoxy groups -OCH3 is 1. The van der Waals surface area contributed by atoms with Crippen molar-refractivity contribution in [3.63, 3.8) is 0 Å². The van der Waals surface area contributed by atoms with Gasteiger partial charge in [0.15, 0.2) is 0 Å². The van der Waals surface area contributed by atoms with Gasteiger partial charge in [-0.1, -0.05) is 23.8 Å². The molecule has 1 aromatic carbocycles. The molecule has 2 aliphatic heterocycles. The van der Waals surface area contributed by atoms with Crippen molar-refractivity contribution >= 4 is 17.7 Å². The van der Waals surface area contributed by atoms with Crippen LogP contribution in [-0.2, 0) is 23.7 Å². The first kappa shape index (κ1) is 22.1. The number of benzene rings is 1. The number of esters is 1. The van der Waals surface area contributed by atoms with Crippen LogP contribution in [0, 0.1) is 5.92 Å². The second kappa shape index (κ2) is 8.41. The Kier molecular flexibility index (Phi) is 5.99. The molecule has 3 fully saturated rings. The Bertz CT molecular complexity index is 886. The van der Waals surface area contributed by atoms with Gasteiger partial charge >= 0.3 is 5.97 Å². The van der Waals surface area contributed by atoms with Gasteiger partial charge in [0.2, 0.25) is 0 Å². The minimum Gasteiger partial charge on any atom is -0.456 e. The summed E-state index contributed by atoms with van der Waals surface area (Å²) in [6.45, 7) is 7.04. The quantitative estimate of drug-likeness (QED) is 0.233. The van der Waals surface area contributed by atoms with Crippen molar-refractivity contribution in [3.8, 4) is 0 Å². The molecule has 4 rings (SSSR count). The van der Waals surface area contributed by atoms with Gasteiger partial charge in [-0.25, -0.2) is 4.79 Å².